The van der Waals surface area contributed by atoms with Crippen molar-refractivity contribution in [2.75, 3.05) is 0 Å². The third-order valence-corrected chi connectivity index (χ3v) is 4.65. The molecule has 0 aromatic heterocycles. The second-order valence-corrected chi connectivity index (χ2v) is 6.53. The number of hydrogen-bond donors (Lipinski definition) is 1. The van der Waals surface area contributed by atoms with Gasteiger partial charge in [-0.1, -0.05) is 30.3 Å². The Morgan fingerprint density at radius 2 is 1.74 bits per heavy atom. The lowest BCUT2D eigenvalue weighted by atomic mass is 10.1. The third kappa shape index (κ3) is 4.39. The van der Waals surface area contributed by atoms with E-state index in [-0.39, 0.29) is 11.3 Å². The SMILES string of the molecule is N#Cc1ccc(C[C@@H](NS(=O)(=O)c2ccccc2)C(=O)[O-])cc1. The number of aliphatic carboxylic acids is 1. The maximum Gasteiger partial charge on any atom is 0.241 e. The van der Waals surface area contributed by atoms with E-state index in [1.807, 2.05) is 6.07 Å². The lowest BCUT2D eigenvalue weighted by molar-refractivity contribution is -0.307. The van der Waals surface area contributed by atoms with Gasteiger partial charge in [0.15, 0.2) is 0 Å². The van der Waals surface area contributed by atoms with Crippen molar-refractivity contribution >= 4 is 16.0 Å². The smallest absolute Gasteiger partial charge is 0.241 e. The molecular weight excluding hydrogens is 316 g/mol. The predicted molar refractivity (Wildman–Crippen MR) is 80.4 cm³/mol. The van der Waals surface area contributed by atoms with Crippen molar-refractivity contribution in [3.8, 4) is 6.07 Å². The van der Waals surface area contributed by atoms with Crippen LogP contribution in [0.15, 0.2) is 59.5 Å². The van der Waals surface area contributed by atoms with Crippen molar-refractivity contribution in [2.24, 2.45) is 0 Å². The fourth-order valence-corrected chi connectivity index (χ4v) is 3.18. The molecule has 0 fully saturated rings. The molecule has 1 N–H and O–H groups in total. The highest BCUT2D eigenvalue weighted by Crippen LogP contribution is 2.11. The van der Waals surface area contributed by atoms with E-state index in [2.05, 4.69) is 4.72 Å². The van der Waals surface area contributed by atoms with Crippen LogP contribution in [0.2, 0.25) is 0 Å². The average Bonchev–Trinajstić information content (AvgIpc) is 2.55. The van der Waals surface area contributed by atoms with Crippen LogP contribution in [0.4, 0.5) is 0 Å². The Balaban J connectivity index is 2.19. The molecule has 2 aromatic rings. The molecule has 118 valence electrons. The van der Waals surface area contributed by atoms with Crippen molar-refractivity contribution in [1.29, 1.82) is 5.26 Å². The summed E-state index contributed by atoms with van der Waals surface area (Å²) in [6.07, 6.45) is -0.0832. The molecule has 0 radical (unpaired) electrons. The molecule has 0 aliphatic carbocycles. The lowest BCUT2D eigenvalue weighted by Gasteiger charge is -2.20. The highest BCUT2D eigenvalue weighted by atomic mass is 32.2. The standard InChI is InChI=1S/C16H14N2O4S/c17-11-13-8-6-12(7-9-13)10-15(16(19)20)18-23(21,22)14-4-2-1-3-5-14/h1-9,15,18H,10H2,(H,19,20)/p-1/t15-/m1/s1. The number of rotatable bonds is 6. The zero-order valence-electron chi connectivity index (χ0n) is 12.0. The molecule has 2 rings (SSSR count). The van der Waals surface area contributed by atoms with Crippen LogP contribution in [0.1, 0.15) is 11.1 Å². The molecule has 0 bridgehead atoms. The summed E-state index contributed by atoms with van der Waals surface area (Å²) in [5.41, 5.74) is 1.01. The number of nitrogens with one attached hydrogen (secondary N) is 1. The molecule has 0 unspecified atom stereocenters. The summed E-state index contributed by atoms with van der Waals surface area (Å²) in [5.74, 6) is -1.52. The molecule has 0 spiro atoms. The van der Waals surface area contributed by atoms with Crippen LogP contribution in [-0.4, -0.2) is 20.4 Å². The highest BCUT2D eigenvalue weighted by Gasteiger charge is 2.21. The maximum absolute atomic E-state index is 12.2. The first-order chi connectivity index (χ1) is 10.9. The Bertz CT molecular complexity index is 825. The quantitative estimate of drug-likeness (QED) is 0.814. The van der Waals surface area contributed by atoms with Gasteiger partial charge >= 0.3 is 0 Å². The van der Waals surface area contributed by atoms with E-state index < -0.39 is 22.0 Å². The molecule has 0 saturated heterocycles. The number of nitriles is 1. The van der Waals surface area contributed by atoms with Gasteiger partial charge < -0.3 is 9.90 Å². The number of nitrogens with zero attached hydrogens (tertiary/aromatic N) is 1. The zero-order chi connectivity index (χ0) is 16.9. The molecular formula is C16H13N2O4S-. The Morgan fingerprint density at radius 3 is 2.26 bits per heavy atom. The van der Waals surface area contributed by atoms with Gasteiger partial charge in [0.2, 0.25) is 10.0 Å². The zero-order valence-corrected chi connectivity index (χ0v) is 12.8. The van der Waals surface area contributed by atoms with E-state index in [4.69, 9.17) is 5.26 Å². The first-order valence-corrected chi connectivity index (χ1v) is 8.18. The van der Waals surface area contributed by atoms with Crippen LogP contribution >= 0.6 is 0 Å². The fraction of sp³-hybridized carbons (Fsp3) is 0.125. The largest absolute Gasteiger partial charge is 0.548 e. The van der Waals surface area contributed by atoms with E-state index >= 15 is 0 Å². The van der Waals surface area contributed by atoms with Crippen LogP contribution in [0.5, 0.6) is 0 Å². The van der Waals surface area contributed by atoms with E-state index in [9.17, 15) is 18.3 Å². The summed E-state index contributed by atoms with van der Waals surface area (Å²) >= 11 is 0. The Hall–Kier alpha value is -2.69. The van der Waals surface area contributed by atoms with Gasteiger partial charge in [-0.15, -0.1) is 0 Å². The van der Waals surface area contributed by atoms with Crippen molar-refractivity contribution in [1.82, 2.24) is 4.72 Å². The van der Waals surface area contributed by atoms with Gasteiger partial charge in [0.25, 0.3) is 0 Å². The number of carboxylic acid groups (broad SMARTS) is 1. The summed E-state index contributed by atoms with van der Waals surface area (Å²) in [6, 6.07) is 14.3. The van der Waals surface area contributed by atoms with Crippen molar-refractivity contribution < 1.29 is 18.3 Å². The van der Waals surface area contributed by atoms with Crippen LogP contribution in [-0.2, 0) is 21.2 Å². The molecule has 0 aliphatic heterocycles. The summed E-state index contributed by atoms with van der Waals surface area (Å²) in [4.78, 5) is 11.2. The minimum atomic E-state index is -3.96. The topological polar surface area (TPSA) is 110 Å². The lowest BCUT2D eigenvalue weighted by Crippen LogP contribution is -2.49. The van der Waals surface area contributed by atoms with Crippen molar-refractivity contribution in [3.63, 3.8) is 0 Å². The minimum Gasteiger partial charge on any atom is -0.548 e. The fourth-order valence-electron chi connectivity index (χ4n) is 1.98. The first kappa shape index (κ1) is 16.7. The van der Waals surface area contributed by atoms with Crippen molar-refractivity contribution in [3.05, 3.63) is 65.7 Å². The highest BCUT2D eigenvalue weighted by molar-refractivity contribution is 7.89. The van der Waals surface area contributed by atoms with Gasteiger partial charge in [-0.3, -0.25) is 0 Å². The van der Waals surface area contributed by atoms with E-state index in [1.165, 1.54) is 24.3 Å². The van der Waals surface area contributed by atoms with Gasteiger partial charge in [0, 0.05) is 0 Å². The molecule has 1 atom stereocenters. The molecule has 2 aromatic carbocycles. The van der Waals surface area contributed by atoms with Gasteiger partial charge in [-0.25, -0.2) is 13.1 Å². The monoisotopic (exact) mass is 329 g/mol. The summed E-state index contributed by atoms with van der Waals surface area (Å²) in [7, 11) is -3.96. The number of hydrogen-bond acceptors (Lipinski definition) is 5. The maximum atomic E-state index is 12.2. The number of carbonyl (C=O) groups is 1. The number of carbonyl (C=O) groups excluding carboxylic acids is 1. The van der Waals surface area contributed by atoms with Gasteiger partial charge in [-0.2, -0.15) is 5.26 Å². The number of carboxylic acids is 1. The van der Waals surface area contributed by atoms with Crippen LogP contribution in [0, 0.1) is 11.3 Å². The molecule has 6 nitrogen and oxygen atoms in total. The van der Waals surface area contributed by atoms with E-state index in [0.29, 0.717) is 11.1 Å². The Kier molecular flexibility index (Phi) is 5.11. The molecule has 0 heterocycles. The normalized spacial score (nSPS) is 12.3. The molecule has 7 heteroatoms. The van der Waals surface area contributed by atoms with Crippen LogP contribution in [0.3, 0.4) is 0 Å². The average molecular weight is 329 g/mol. The molecule has 0 aliphatic rings. The Morgan fingerprint density at radius 1 is 1.13 bits per heavy atom. The first-order valence-electron chi connectivity index (χ1n) is 6.69. The second kappa shape index (κ2) is 7.05. The molecule has 0 saturated carbocycles. The minimum absolute atomic E-state index is 0.0221. The third-order valence-electron chi connectivity index (χ3n) is 3.16. The van der Waals surface area contributed by atoms with E-state index in [0.717, 1.165) is 0 Å². The summed E-state index contributed by atoms with van der Waals surface area (Å²) < 4.78 is 26.5. The predicted octanol–water partition coefficient (Wildman–Crippen LogP) is 0.198. The van der Waals surface area contributed by atoms with E-state index in [1.54, 1.807) is 30.3 Å². The Labute approximate surface area is 134 Å². The molecule has 0 amide bonds. The second-order valence-electron chi connectivity index (χ2n) is 4.82. The van der Waals surface area contributed by atoms with Gasteiger partial charge in [-0.05, 0) is 36.2 Å². The summed E-state index contributed by atoms with van der Waals surface area (Å²) in [6.45, 7) is 0. The van der Waals surface area contributed by atoms with Gasteiger partial charge in [0.1, 0.15) is 0 Å². The number of benzene rings is 2. The number of sulfonamides is 1. The van der Waals surface area contributed by atoms with Gasteiger partial charge in [0.05, 0.1) is 28.5 Å². The molecule has 23 heavy (non-hydrogen) atoms. The van der Waals surface area contributed by atoms with Crippen molar-refractivity contribution in [2.45, 2.75) is 17.4 Å². The van der Waals surface area contributed by atoms with Crippen LogP contribution < -0.4 is 9.83 Å². The summed E-state index contributed by atoms with van der Waals surface area (Å²) in [5, 5.41) is 20.0. The van der Waals surface area contributed by atoms with Crippen LogP contribution in [0.25, 0.3) is 0 Å².